The van der Waals surface area contributed by atoms with E-state index in [0.717, 1.165) is 10.4 Å². The maximum atomic E-state index is 12.6. The Kier molecular flexibility index (Phi) is 2.59. The second-order valence-electron chi connectivity index (χ2n) is 4.58. The molecule has 1 amide bonds. The minimum absolute atomic E-state index is 0.101. The Morgan fingerprint density at radius 3 is 2.85 bits per heavy atom. The molecule has 1 aliphatic carbocycles. The van der Waals surface area contributed by atoms with Crippen molar-refractivity contribution in [2.75, 3.05) is 0 Å². The molecule has 0 spiro atoms. The van der Waals surface area contributed by atoms with Crippen molar-refractivity contribution in [3.05, 3.63) is 23.1 Å². The van der Waals surface area contributed by atoms with Crippen LogP contribution in [0.5, 0.6) is 0 Å². The number of carbonyl (C=O) groups is 1. The molecule has 20 heavy (non-hydrogen) atoms. The highest BCUT2D eigenvalue weighted by atomic mass is 19.4. The number of rotatable bonds is 2. The molecule has 0 saturated carbocycles. The molecule has 3 N–H and O–H groups in total. The Balaban J connectivity index is 2.20. The lowest BCUT2D eigenvalue weighted by Gasteiger charge is -2.15. The number of carbonyl (C=O) groups excluding carboxylic acids is 1. The molecule has 0 radical (unpaired) electrons. The van der Waals surface area contributed by atoms with Crippen molar-refractivity contribution in [2.45, 2.75) is 25.6 Å². The van der Waals surface area contributed by atoms with Crippen LogP contribution in [0.15, 0.2) is 6.20 Å². The second kappa shape index (κ2) is 4.09. The summed E-state index contributed by atoms with van der Waals surface area (Å²) in [4.78, 5) is 11.3. The summed E-state index contributed by atoms with van der Waals surface area (Å²) in [6.07, 6.45) is -2.04. The number of halogens is 3. The molecular formula is C11H10F3N5O. The molecule has 0 atom stereocenters. The van der Waals surface area contributed by atoms with E-state index in [0.29, 0.717) is 24.0 Å². The normalized spacial score (nSPS) is 13.9. The largest absolute Gasteiger partial charge is 0.408 e. The Labute approximate surface area is 110 Å². The fourth-order valence-electron chi connectivity index (χ4n) is 2.48. The van der Waals surface area contributed by atoms with Crippen molar-refractivity contribution in [3.8, 4) is 11.3 Å². The van der Waals surface area contributed by atoms with Gasteiger partial charge in [0.15, 0.2) is 5.69 Å². The summed E-state index contributed by atoms with van der Waals surface area (Å²) >= 11 is 0. The number of fused-ring (bicyclic) bond motifs is 3. The Bertz CT molecular complexity index is 685. The van der Waals surface area contributed by atoms with E-state index in [1.54, 1.807) is 0 Å². The number of primary amides is 1. The fraction of sp³-hybridized carbons (Fsp3) is 0.364. The number of aryl methyl sites for hydroxylation is 1. The molecule has 2 aromatic heterocycles. The summed E-state index contributed by atoms with van der Waals surface area (Å²) in [6, 6.07) is 0. The average Bonchev–Trinajstić information content (AvgIpc) is 2.90. The van der Waals surface area contributed by atoms with E-state index in [4.69, 9.17) is 5.73 Å². The molecule has 9 heteroatoms. The maximum Gasteiger partial charge on any atom is 0.408 e. The van der Waals surface area contributed by atoms with Gasteiger partial charge in [0.25, 0.3) is 5.91 Å². The first-order valence-corrected chi connectivity index (χ1v) is 5.85. The van der Waals surface area contributed by atoms with E-state index >= 15 is 0 Å². The van der Waals surface area contributed by atoms with Crippen LogP contribution in [0.25, 0.3) is 11.3 Å². The van der Waals surface area contributed by atoms with Gasteiger partial charge >= 0.3 is 6.18 Å². The Morgan fingerprint density at radius 2 is 2.20 bits per heavy atom. The van der Waals surface area contributed by atoms with E-state index < -0.39 is 18.6 Å². The van der Waals surface area contributed by atoms with Crippen LogP contribution in [0.4, 0.5) is 13.2 Å². The third-order valence-electron chi connectivity index (χ3n) is 3.21. The van der Waals surface area contributed by atoms with Gasteiger partial charge in [-0.15, -0.1) is 0 Å². The Hall–Kier alpha value is -2.32. The summed E-state index contributed by atoms with van der Waals surface area (Å²) in [6.45, 7) is -1.27. The molecule has 0 bridgehead atoms. The van der Waals surface area contributed by atoms with Gasteiger partial charge in [-0.25, -0.2) is 0 Å². The molecule has 1 aliphatic rings. The fourth-order valence-corrected chi connectivity index (χ4v) is 2.48. The molecule has 0 unspecified atom stereocenters. The molecule has 0 saturated heterocycles. The van der Waals surface area contributed by atoms with Gasteiger partial charge < -0.3 is 5.73 Å². The highest BCUT2D eigenvalue weighted by molar-refractivity contribution is 5.94. The number of aromatic amines is 1. The molecule has 0 fully saturated rings. The van der Waals surface area contributed by atoms with Gasteiger partial charge in [-0.05, 0) is 12.8 Å². The molecule has 2 aromatic rings. The lowest BCUT2D eigenvalue weighted by molar-refractivity contribution is -0.142. The zero-order valence-electron chi connectivity index (χ0n) is 10.2. The first-order chi connectivity index (χ1) is 9.37. The van der Waals surface area contributed by atoms with Crippen LogP contribution in [-0.4, -0.2) is 32.1 Å². The van der Waals surface area contributed by atoms with Crippen LogP contribution in [0.1, 0.15) is 21.7 Å². The minimum atomic E-state index is -4.43. The maximum absolute atomic E-state index is 12.6. The SMILES string of the molecule is NC(=O)c1nn(CC(F)(F)F)c2c1CCc1[nH]ncc1-2. The number of amides is 1. The van der Waals surface area contributed by atoms with Crippen LogP contribution in [0, 0.1) is 0 Å². The third-order valence-corrected chi connectivity index (χ3v) is 3.21. The number of nitrogens with one attached hydrogen (secondary N) is 1. The van der Waals surface area contributed by atoms with Crippen molar-refractivity contribution in [2.24, 2.45) is 5.73 Å². The van der Waals surface area contributed by atoms with Crippen molar-refractivity contribution in [3.63, 3.8) is 0 Å². The van der Waals surface area contributed by atoms with Crippen molar-refractivity contribution in [1.29, 1.82) is 0 Å². The van der Waals surface area contributed by atoms with E-state index in [1.807, 2.05) is 0 Å². The van der Waals surface area contributed by atoms with Gasteiger partial charge in [-0.3, -0.25) is 14.6 Å². The number of aromatic nitrogens is 4. The summed E-state index contributed by atoms with van der Waals surface area (Å²) in [5.74, 6) is -0.825. The number of H-pyrrole nitrogens is 1. The predicted molar refractivity (Wildman–Crippen MR) is 61.8 cm³/mol. The minimum Gasteiger partial charge on any atom is -0.364 e. The van der Waals surface area contributed by atoms with Gasteiger partial charge in [0.1, 0.15) is 6.54 Å². The first-order valence-electron chi connectivity index (χ1n) is 5.85. The van der Waals surface area contributed by atoms with Gasteiger partial charge in [0.05, 0.1) is 11.9 Å². The van der Waals surface area contributed by atoms with E-state index in [9.17, 15) is 18.0 Å². The van der Waals surface area contributed by atoms with Crippen molar-refractivity contribution >= 4 is 5.91 Å². The number of alkyl halides is 3. The van der Waals surface area contributed by atoms with Gasteiger partial charge in [0.2, 0.25) is 0 Å². The number of hydrogen-bond donors (Lipinski definition) is 2. The first kappa shape index (κ1) is 12.7. The zero-order valence-corrected chi connectivity index (χ0v) is 10.2. The molecule has 2 heterocycles. The lowest BCUT2D eigenvalue weighted by Crippen LogP contribution is -2.20. The molecule has 3 rings (SSSR count). The number of hydrogen-bond acceptors (Lipinski definition) is 3. The topological polar surface area (TPSA) is 89.6 Å². The van der Waals surface area contributed by atoms with Crippen molar-refractivity contribution in [1.82, 2.24) is 20.0 Å². The monoisotopic (exact) mass is 285 g/mol. The van der Waals surface area contributed by atoms with Gasteiger partial charge in [-0.2, -0.15) is 23.4 Å². The summed E-state index contributed by atoms with van der Waals surface area (Å²) in [7, 11) is 0. The van der Waals surface area contributed by atoms with Crippen LogP contribution in [-0.2, 0) is 19.4 Å². The molecule has 0 aliphatic heterocycles. The highest BCUT2D eigenvalue weighted by Crippen LogP contribution is 2.35. The van der Waals surface area contributed by atoms with Crippen LogP contribution >= 0.6 is 0 Å². The lowest BCUT2D eigenvalue weighted by atomic mass is 9.94. The number of nitrogens with zero attached hydrogens (tertiary/aromatic N) is 3. The zero-order chi connectivity index (χ0) is 14.5. The molecule has 0 aromatic carbocycles. The second-order valence-corrected chi connectivity index (χ2v) is 4.58. The molecule has 6 nitrogen and oxygen atoms in total. The van der Waals surface area contributed by atoms with E-state index in [2.05, 4.69) is 15.3 Å². The van der Waals surface area contributed by atoms with Gasteiger partial charge in [-0.1, -0.05) is 0 Å². The quantitative estimate of drug-likeness (QED) is 0.863. The van der Waals surface area contributed by atoms with Gasteiger partial charge in [0, 0.05) is 16.8 Å². The van der Waals surface area contributed by atoms with Crippen LogP contribution in [0.3, 0.4) is 0 Å². The standard InChI is InChI=1S/C11H10F3N5O/c12-11(13,14)4-19-9-5(8(18-19)10(15)20)1-2-7-6(9)3-16-17-7/h3H,1-2,4H2,(H2,15,20)(H,16,17). The summed E-state index contributed by atoms with van der Waals surface area (Å²) < 4.78 is 38.7. The van der Waals surface area contributed by atoms with Crippen molar-refractivity contribution < 1.29 is 18.0 Å². The predicted octanol–water partition coefficient (Wildman–Crippen LogP) is 1.03. The smallest absolute Gasteiger partial charge is 0.364 e. The highest BCUT2D eigenvalue weighted by Gasteiger charge is 2.34. The average molecular weight is 285 g/mol. The van der Waals surface area contributed by atoms with E-state index in [1.165, 1.54) is 6.20 Å². The Morgan fingerprint density at radius 1 is 1.45 bits per heavy atom. The third kappa shape index (κ3) is 1.95. The summed E-state index contributed by atoms with van der Waals surface area (Å²) in [5.41, 5.74) is 7.08. The van der Waals surface area contributed by atoms with E-state index in [-0.39, 0.29) is 11.4 Å². The van der Waals surface area contributed by atoms with Crippen LogP contribution in [0.2, 0.25) is 0 Å². The molecular weight excluding hydrogens is 275 g/mol. The summed E-state index contributed by atoms with van der Waals surface area (Å²) in [5, 5.41) is 10.3. The molecule has 106 valence electrons. The van der Waals surface area contributed by atoms with Crippen LogP contribution < -0.4 is 5.73 Å². The number of nitrogens with two attached hydrogens (primary N) is 1.